The normalized spacial score (nSPS) is 31.7. The Kier molecular flexibility index (Phi) is 3.76. The summed E-state index contributed by atoms with van der Waals surface area (Å²) in [6.07, 6.45) is -0.811. The predicted molar refractivity (Wildman–Crippen MR) is 96.0 cm³/mol. The number of fused-ring (bicyclic) bond motifs is 4. The highest BCUT2D eigenvalue weighted by Crippen LogP contribution is 2.54. The van der Waals surface area contributed by atoms with Gasteiger partial charge in [0.1, 0.15) is 24.2 Å². The van der Waals surface area contributed by atoms with E-state index in [1.165, 1.54) is 24.0 Å². The van der Waals surface area contributed by atoms with Crippen LogP contribution < -0.4 is 19.9 Å². The number of piperidine rings is 1. The molecule has 1 aromatic rings. The van der Waals surface area contributed by atoms with E-state index in [0.717, 1.165) is 0 Å². The number of carbonyl (C=O) groups excluding carboxylic acids is 2. The highest BCUT2D eigenvalue weighted by atomic mass is 19.3. The van der Waals surface area contributed by atoms with E-state index in [9.17, 15) is 22.8 Å². The molecule has 2 amide bonds. The molecule has 1 aromatic carbocycles. The van der Waals surface area contributed by atoms with Crippen LogP contribution in [-0.4, -0.2) is 55.3 Å². The van der Waals surface area contributed by atoms with Crippen molar-refractivity contribution in [1.82, 2.24) is 5.32 Å². The number of anilines is 2. The first-order valence-electron chi connectivity index (χ1n) is 9.59. The van der Waals surface area contributed by atoms with Crippen LogP contribution in [-0.2, 0) is 9.53 Å². The Morgan fingerprint density at radius 2 is 1.97 bits per heavy atom. The van der Waals surface area contributed by atoms with Crippen LogP contribution in [0.4, 0.5) is 29.3 Å². The quantitative estimate of drug-likeness (QED) is 0.810. The number of alkyl halides is 2. The lowest BCUT2D eigenvalue weighted by atomic mass is 10.0. The highest BCUT2D eigenvalue weighted by molar-refractivity contribution is 5.95. The van der Waals surface area contributed by atoms with Crippen molar-refractivity contribution in [2.75, 3.05) is 29.5 Å². The zero-order valence-corrected chi connectivity index (χ0v) is 15.7. The number of benzene rings is 1. The number of carbonyl (C=O) groups is 2. The van der Waals surface area contributed by atoms with E-state index in [4.69, 9.17) is 9.47 Å². The van der Waals surface area contributed by atoms with Crippen molar-refractivity contribution in [3.05, 3.63) is 17.9 Å². The molecule has 3 aliphatic heterocycles. The standard InChI is InChI=1S/C19H20F3N3O4/c1-10(26)23-15-8-19(15)16-9-28-14-7-12(24-4-2-18(21,22)3-5-24)11(20)6-13(14)25(16)17(27)29-19/h6-7,15-16H,2-5,8-9H2,1H3,(H,23,26)/t15?,16-,19?/m0/s1. The number of ether oxygens (including phenoxy) is 2. The Hall–Kier alpha value is -2.65. The van der Waals surface area contributed by atoms with E-state index in [2.05, 4.69) is 5.32 Å². The fourth-order valence-electron chi connectivity index (χ4n) is 4.59. The van der Waals surface area contributed by atoms with Gasteiger partial charge < -0.3 is 19.7 Å². The Morgan fingerprint density at radius 3 is 2.66 bits per heavy atom. The molecule has 2 unspecified atom stereocenters. The SMILES string of the molecule is CC(=O)NC1CC12OC(=O)N1c3cc(F)c(N4CCC(F)(F)CC4)cc3OC[C@H]12. The lowest BCUT2D eigenvalue weighted by molar-refractivity contribution is -0.119. The van der Waals surface area contributed by atoms with Crippen LogP contribution in [0.3, 0.4) is 0 Å². The van der Waals surface area contributed by atoms with Crippen molar-refractivity contribution >= 4 is 23.4 Å². The summed E-state index contributed by atoms with van der Waals surface area (Å²) in [5.74, 6) is -3.25. The lowest BCUT2D eigenvalue weighted by Gasteiger charge is -2.36. The van der Waals surface area contributed by atoms with Gasteiger partial charge in [-0.2, -0.15) is 0 Å². The smallest absolute Gasteiger partial charge is 0.415 e. The van der Waals surface area contributed by atoms with Crippen molar-refractivity contribution in [2.24, 2.45) is 0 Å². The molecule has 10 heteroatoms. The van der Waals surface area contributed by atoms with Crippen molar-refractivity contribution in [2.45, 2.75) is 49.8 Å². The maximum atomic E-state index is 14.9. The fraction of sp³-hybridized carbons (Fsp3) is 0.579. The van der Waals surface area contributed by atoms with E-state index < -0.39 is 29.5 Å². The number of halogens is 3. The second kappa shape index (κ2) is 5.93. The van der Waals surface area contributed by atoms with Crippen LogP contribution in [0.25, 0.3) is 0 Å². The van der Waals surface area contributed by atoms with Gasteiger partial charge in [0.15, 0.2) is 5.60 Å². The summed E-state index contributed by atoms with van der Waals surface area (Å²) in [7, 11) is 0. The number of nitrogens with one attached hydrogen (secondary N) is 1. The Balaban J connectivity index is 1.42. The number of rotatable bonds is 2. The predicted octanol–water partition coefficient (Wildman–Crippen LogP) is 2.43. The Morgan fingerprint density at radius 1 is 1.24 bits per heavy atom. The van der Waals surface area contributed by atoms with E-state index in [0.29, 0.717) is 12.2 Å². The minimum atomic E-state index is -2.73. The molecule has 1 N–H and O–H groups in total. The summed E-state index contributed by atoms with van der Waals surface area (Å²) < 4.78 is 53.1. The minimum absolute atomic E-state index is 0.0403. The third-order valence-corrected chi connectivity index (χ3v) is 6.20. The molecule has 7 nitrogen and oxygen atoms in total. The largest absolute Gasteiger partial charge is 0.489 e. The van der Waals surface area contributed by atoms with E-state index in [1.807, 2.05) is 0 Å². The Bertz CT molecular complexity index is 901. The van der Waals surface area contributed by atoms with Crippen LogP contribution in [0, 0.1) is 5.82 Å². The van der Waals surface area contributed by atoms with E-state index >= 15 is 0 Å². The summed E-state index contributed by atoms with van der Waals surface area (Å²) in [6, 6.07) is 1.88. The van der Waals surface area contributed by atoms with Crippen LogP contribution in [0.15, 0.2) is 12.1 Å². The van der Waals surface area contributed by atoms with Crippen LogP contribution in [0.2, 0.25) is 0 Å². The molecule has 0 bridgehead atoms. The monoisotopic (exact) mass is 411 g/mol. The van der Waals surface area contributed by atoms with Gasteiger partial charge in [-0.15, -0.1) is 0 Å². The van der Waals surface area contributed by atoms with Gasteiger partial charge in [0.25, 0.3) is 5.92 Å². The summed E-state index contributed by atoms with van der Waals surface area (Å²) in [4.78, 5) is 26.8. The first-order valence-corrected chi connectivity index (χ1v) is 9.59. The molecule has 0 aromatic heterocycles. The van der Waals surface area contributed by atoms with Crippen molar-refractivity contribution < 1.29 is 32.2 Å². The third kappa shape index (κ3) is 2.79. The molecule has 2 saturated heterocycles. The summed E-state index contributed by atoms with van der Waals surface area (Å²) in [5, 5.41) is 2.76. The van der Waals surface area contributed by atoms with Gasteiger partial charge in [-0.3, -0.25) is 9.69 Å². The van der Waals surface area contributed by atoms with Gasteiger partial charge in [0.05, 0.1) is 17.4 Å². The minimum Gasteiger partial charge on any atom is -0.489 e. The number of hydrogen-bond donors (Lipinski definition) is 1. The van der Waals surface area contributed by atoms with Crippen LogP contribution in [0.5, 0.6) is 5.75 Å². The maximum Gasteiger partial charge on any atom is 0.415 e. The fourth-order valence-corrected chi connectivity index (χ4v) is 4.59. The number of hydrogen-bond acceptors (Lipinski definition) is 5. The molecule has 5 rings (SSSR count). The molecule has 3 heterocycles. The van der Waals surface area contributed by atoms with Gasteiger partial charge in [0, 0.05) is 51.4 Å². The zero-order chi connectivity index (χ0) is 20.6. The number of amides is 2. The summed E-state index contributed by atoms with van der Waals surface area (Å²) in [6.45, 7) is 1.61. The topological polar surface area (TPSA) is 71.1 Å². The summed E-state index contributed by atoms with van der Waals surface area (Å²) in [5.41, 5.74) is -0.434. The molecule has 4 aliphatic rings. The van der Waals surface area contributed by atoms with Gasteiger partial charge in [-0.1, -0.05) is 0 Å². The first kappa shape index (κ1) is 18.4. The van der Waals surface area contributed by atoms with Gasteiger partial charge in [0.2, 0.25) is 5.91 Å². The molecule has 1 aliphatic carbocycles. The molecular weight excluding hydrogens is 391 g/mol. The molecule has 156 valence electrons. The van der Waals surface area contributed by atoms with Crippen molar-refractivity contribution in [3.63, 3.8) is 0 Å². The van der Waals surface area contributed by atoms with Gasteiger partial charge >= 0.3 is 6.09 Å². The number of nitrogens with zero attached hydrogens (tertiary/aromatic N) is 2. The molecule has 3 fully saturated rings. The molecule has 0 radical (unpaired) electrons. The average molecular weight is 411 g/mol. The second-order valence-electron chi connectivity index (χ2n) is 8.09. The van der Waals surface area contributed by atoms with Crippen molar-refractivity contribution in [1.29, 1.82) is 0 Å². The Labute approximate surface area is 164 Å². The molecule has 3 atom stereocenters. The average Bonchev–Trinajstić information content (AvgIpc) is 3.22. The molecule has 29 heavy (non-hydrogen) atoms. The van der Waals surface area contributed by atoms with Crippen LogP contribution >= 0.6 is 0 Å². The second-order valence-corrected chi connectivity index (χ2v) is 8.09. The molecule has 1 saturated carbocycles. The van der Waals surface area contributed by atoms with Crippen molar-refractivity contribution in [3.8, 4) is 5.75 Å². The first-order chi connectivity index (χ1) is 13.7. The molecular formula is C19H20F3N3O4. The maximum absolute atomic E-state index is 14.9. The summed E-state index contributed by atoms with van der Waals surface area (Å²) >= 11 is 0. The lowest BCUT2D eigenvalue weighted by Crippen LogP contribution is -2.48. The third-order valence-electron chi connectivity index (χ3n) is 6.20. The van der Waals surface area contributed by atoms with Crippen LogP contribution in [0.1, 0.15) is 26.2 Å². The van der Waals surface area contributed by atoms with E-state index in [-0.39, 0.29) is 55.9 Å². The van der Waals surface area contributed by atoms with Gasteiger partial charge in [-0.25, -0.2) is 18.0 Å². The zero-order valence-electron chi connectivity index (χ0n) is 15.7. The van der Waals surface area contributed by atoms with Gasteiger partial charge in [-0.05, 0) is 0 Å². The highest BCUT2D eigenvalue weighted by Gasteiger charge is 2.71. The molecule has 1 spiro atoms. The van der Waals surface area contributed by atoms with E-state index in [1.54, 1.807) is 4.90 Å².